The van der Waals surface area contributed by atoms with Crippen LogP contribution in [0.15, 0.2) is 0 Å². The van der Waals surface area contributed by atoms with Crippen molar-refractivity contribution in [1.29, 1.82) is 0 Å². The van der Waals surface area contributed by atoms with Crippen molar-refractivity contribution >= 4 is 0 Å². The molecule has 1 saturated heterocycles. The van der Waals surface area contributed by atoms with Gasteiger partial charge in [0.25, 0.3) is 0 Å². The number of ether oxygens (including phenoxy) is 1. The molecule has 0 aromatic rings. The quantitative estimate of drug-likeness (QED) is 0.705. The molecule has 0 saturated carbocycles. The lowest BCUT2D eigenvalue weighted by Gasteiger charge is -2.25. The zero-order chi connectivity index (χ0) is 9.19. The van der Waals surface area contributed by atoms with Crippen molar-refractivity contribution in [3.05, 3.63) is 0 Å². The van der Waals surface area contributed by atoms with E-state index in [9.17, 15) is 0 Å². The molecule has 0 radical (unpaired) electrons. The van der Waals surface area contributed by atoms with Crippen LogP contribution in [0.3, 0.4) is 0 Å². The first-order valence-corrected chi connectivity index (χ1v) is 4.85. The van der Waals surface area contributed by atoms with Crippen molar-refractivity contribution in [3.63, 3.8) is 0 Å². The standard InChI is InChI=1S/C10H20O2/c1-8-7-9(5-4-6-11)10(2,3)12-8/h8-9,11H,4-7H2,1-3H3. The summed E-state index contributed by atoms with van der Waals surface area (Å²) in [4.78, 5) is 0. The zero-order valence-electron chi connectivity index (χ0n) is 8.34. The Morgan fingerprint density at radius 3 is 2.58 bits per heavy atom. The van der Waals surface area contributed by atoms with Crippen molar-refractivity contribution in [2.45, 2.75) is 51.7 Å². The highest BCUT2D eigenvalue weighted by atomic mass is 16.5. The second-order valence-electron chi connectivity index (χ2n) is 4.33. The first-order valence-electron chi connectivity index (χ1n) is 4.85. The highest BCUT2D eigenvalue weighted by Gasteiger charge is 2.38. The summed E-state index contributed by atoms with van der Waals surface area (Å²) in [5.41, 5.74) is 0.0224. The molecule has 2 nitrogen and oxygen atoms in total. The van der Waals surface area contributed by atoms with E-state index in [0.29, 0.717) is 18.6 Å². The Balaban J connectivity index is 2.42. The van der Waals surface area contributed by atoms with Crippen LogP contribution in [0.2, 0.25) is 0 Å². The van der Waals surface area contributed by atoms with Gasteiger partial charge in [0, 0.05) is 6.61 Å². The van der Waals surface area contributed by atoms with Gasteiger partial charge in [-0.15, -0.1) is 0 Å². The Morgan fingerprint density at radius 1 is 1.50 bits per heavy atom. The van der Waals surface area contributed by atoms with Gasteiger partial charge >= 0.3 is 0 Å². The van der Waals surface area contributed by atoms with Crippen molar-refractivity contribution in [1.82, 2.24) is 0 Å². The average molecular weight is 172 g/mol. The van der Waals surface area contributed by atoms with Gasteiger partial charge in [-0.05, 0) is 46.0 Å². The van der Waals surface area contributed by atoms with Crippen LogP contribution in [0.5, 0.6) is 0 Å². The molecule has 1 aliphatic rings. The summed E-state index contributed by atoms with van der Waals surface area (Å²) in [7, 11) is 0. The molecule has 0 aromatic carbocycles. The molecule has 1 rings (SSSR count). The number of aliphatic hydroxyl groups is 1. The maximum Gasteiger partial charge on any atom is 0.0659 e. The highest BCUT2D eigenvalue weighted by Crippen LogP contribution is 2.38. The fourth-order valence-electron chi connectivity index (χ4n) is 2.15. The van der Waals surface area contributed by atoms with Crippen molar-refractivity contribution in [2.24, 2.45) is 5.92 Å². The summed E-state index contributed by atoms with van der Waals surface area (Å²) in [6.07, 6.45) is 3.54. The lowest BCUT2D eigenvalue weighted by atomic mass is 9.86. The van der Waals surface area contributed by atoms with Crippen LogP contribution < -0.4 is 0 Å². The van der Waals surface area contributed by atoms with E-state index >= 15 is 0 Å². The van der Waals surface area contributed by atoms with Crippen LogP contribution in [-0.4, -0.2) is 23.4 Å². The lowest BCUT2D eigenvalue weighted by Crippen LogP contribution is -2.27. The normalized spacial score (nSPS) is 34.0. The van der Waals surface area contributed by atoms with Crippen LogP contribution in [0.4, 0.5) is 0 Å². The van der Waals surface area contributed by atoms with Gasteiger partial charge in [-0.3, -0.25) is 0 Å². The molecule has 2 atom stereocenters. The molecular formula is C10H20O2. The van der Waals surface area contributed by atoms with E-state index in [4.69, 9.17) is 9.84 Å². The van der Waals surface area contributed by atoms with E-state index in [2.05, 4.69) is 20.8 Å². The maximum absolute atomic E-state index is 8.72. The number of hydrogen-bond donors (Lipinski definition) is 1. The van der Waals surface area contributed by atoms with Crippen LogP contribution >= 0.6 is 0 Å². The van der Waals surface area contributed by atoms with Gasteiger partial charge < -0.3 is 9.84 Å². The second-order valence-corrected chi connectivity index (χ2v) is 4.33. The fraction of sp³-hybridized carbons (Fsp3) is 1.00. The minimum Gasteiger partial charge on any atom is -0.396 e. The van der Waals surface area contributed by atoms with Crippen molar-refractivity contribution in [2.75, 3.05) is 6.61 Å². The smallest absolute Gasteiger partial charge is 0.0659 e. The van der Waals surface area contributed by atoms with E-state index in [0.717, 1.165) is 19.3 Å². The third-order valence-electron chi connectivity index (χ3n) is 2.82. The summed E-state index contributed by atoms with van der Waals surface area (Å²) in [6, 6.07) is 0. The van der Waals surface area contributed by atoms with Gasteiger partial charge in [-0.1, -0.05) is 0 Å². The number of aliphatic hydroxyl groups excluding tert-OH is 1. The van der Waals surface area contributed by atoms with Crippen LogP contribution in [0, 0.1) is 5.92 Å². The largest absolute Gasteiger partial charge is 0.396 e. The molecule has 2 heteroatoms. The minimum absolute atomic E-state index is 0.0224. The molecule has 1 fully saturated rings. The average Bonchev–Trinajstić information content (AvgIpc) is 2.20. The Kier molecular flexibility index (Phi) is 3.13. The topological polar surface area (TPSA) is 29.5 Å². The third-order valence-corrected chi connectivity index (χ3v) is 2.82. The first-order chi connectivity index (χ1) is 5.56. The second kappa shape index (κ2) is 3.75. The van der Waals surface area contributed by atoms with Gasteiger partial charge in [0.15, 0.2) is 0 Å². The van der Waals surface area contributed by atoms with Gasteiger partial charge in [0.2, 0.25) is 0 Å². The molecule has 72 valence electrons. The summed E-state index contributed by atoms with van der Waals surface area (Å²) in [5, 5.41) is 8.72. The fourth-order valence-corrected chi connectivity index (χ4v) is 2.15. The highest BCUT2D eigenvalue weighted by molar-refractivity contribution is 4.87. The molecule has 1 N–H and O–H groups in total. The minimum atomic E-state index is 0.0224. The van der Waals surface area contributed by atoms with E-state index in [1.54, 1.807) is 0 Å². The van der Waals surface area contributed by atoms with Crippen molar-refractivity contribution < 1.29 is 9.84 Å². The van der Waals surface area contributed by atoms with Gasteiger partial charge in [0.1, 0.15) is 0 Å². The van der Waals surface area contributed by atoms with Crippen LogP contribution in [0.1, 0.15) is 40.0 Å². The Hall–Kier alpha value is -0.0800. The van der Waals surface area contributed by atoms with E-state index in [1.165, 1.54) is 0 Å². The number of hydrogen-bond acceptors (Lipinski definition) is 2. The van der Waals surface area contributed by atoms with E-state index in [1.807, 2.05) is 0 Å². The molecule has 1 aliphatic heterocycles. The maximum atomic E-state index is 8.72. The van der Waals surface area contributed by atoms with Gasteiger partial charge in [-0.25, -0.2) is 0 Å². The van der Waals surface area contributed by atoms with Gasteiger partial charge in [-0.2, -0.15) is 0 Å². The third kappa shape index (κ3) is 2.20. The Labute approximate surface area is 74.9 Å². The van der Waals surface area contributed by atoms with Crippen molar-refractivity contribution in [3.8, 4) is 0 Å². The lowest BCUT2D eigenvalue weighted by molar-refractivity contribution is -0.0263. The summed E-state index contributed by atoms with van der Waals surface area (Å²) < 4.78 is 5.78. The molecule has 0 aromatic heterocycles. The molecule has 0 aliphatic carbocycles. The molecule has 1 heterocycles. The molecular weight excluding hydrogens is 152 g/mol. The Bertz CT molecular complexity index is 143. The summed E-state index contributed by atoms with van der Waals surface area (Å²) in [6.45, 7) is 6.73. The van der Waals surface area contributed by atoms with Crippen LogP contribution in [0.25, 0.3) is 0 Å². The monoisotopic (exact) mass is 172 g/mol. The summed E-state index contributed by atoms with van der Waals surface area (Å²) >= 11 is 0. The molecule has 2 unspecified atom stereocenters. The molecule has 0 spiro atoms. The van der Waals surface area contributed by atoms with Gasteiger partial charge in [0.05, 0.1) is 11.7 Å². The number of rotatable bonds is 3. The molecule has 0 bridgehead atoms. The Morgan fingerprint density at radius 2 is 2.17 bits per heavy atom. The van der Waals surface area contributed by atoms with Crippen LogP contribution in [-0.2, 0) is 4.74 Å². The zero-order valence-corrected chi connectivity index (χ0v) is 8.34. The van der Waals surface area contributed by atoms with E-state index in [-0.39, 0.29) is 5.60 Å². The first kappa shape index (κ1) is 10.0. The van der Waals surface area contributed by atoms with E-state index < -0.39 is 0 Å². The predicted molar refractivity (Wildman–Crippen MR) is 49.1 cm³/mol. The molecule has 0 amide bonds. The predicted octanol–water partition coefficient (Wildman–Crippen LogP) is 1.96. The SMILES string of the molecule is CC1CC(CCCO)C(C)(C)O1. The molecule has 12 heavy (non-hydrogen) atoms. The summed E-state index contributed by atoms with van der Waals surface area (Å²) in [5.74, 6) is 0.625.